The summed E-state index contributed by atoms with van der Waals surface area (Å²) in [6.45, 7) is 4.16. The van der Waals surface area contributed by atoms with Crippen LogP contribution in [0.3, 0.4) is 0 Å². The van der Waals surface area contributed by atoms with Crippen molar-refractivity contribution in [1.29, 1.82) is 0 Å². The molecular formula is C12H22O2. The first-order chi connectivity index (χ1) is 6.60. The summed E-state index contributed by atoms with van der Waals surface area (Å²) in [5.41, 5.74) is -0.423. The van der Waals surface area contributed by atoms with E-state index in [0.29, 0.717) is 5.92 Å². The minimum absolute atomic E-state index is 0.226. The second kappa shape index (κ2) is 3.82. The van der Waals surface area contributed by atoms with Crippen molar-refractivity contribution in [3.63, 3.8) is 0 Å². The Bertz CT molecular complexity index is 186. The summed E-state index contributed by atoms with van der Waals surface area (Å²) in [7, 11) is 0. The molecular weight excluding hydrogens is 176 g/mol. The molecule has 1 saturated carbocycles. The first kappa shape index (κ1) is 10.4. The zero-order valence-corrected chi connectivity index (χ0v) is 9.33. The van der Waals surface area contributed by atoms with Crippen LogP contribution in [0.15, 0.2) is 0 Å². The zero-order valence-electron chi connectivity index (χ0n) is 9.33. The van der Waals surface area contributed by atoms with Gasteiger partial charge in [-0.3, -0.25) is 0 Å². The summed E-state index contributed by atoms with van der Waals surface area (Å²) in [6, 6.07) is 0. The molecule has 2 fully saturated rings. The van der Waals surface area contributed by atoms with Crippen molar-refractivity contribution in [3.8, 4) is 0 Å². The molecule has 1 aliphatic carbocycles. The van der Waals surface area contributed by atoms with Crippen LogP contribution in [-0.4, -0.2) is 22.9 Å². The fraction of sp³-hybridized carbons (Fsp3) is 1.00. The van der Waals surface area contributed by atoms with Gasteiger partial charge in [0.25, 0.3) is 0 Å². The van der Waals surface area contributed by atoms with E-state index in [2.05, 4.69) is 13.8 Å². The zero-order chi connectivity index (χ0) is 10.2. The smallest absolute Gasteiger partial charge is 0.0724 e. The van der Waals surface area contributed by atoms with Crippen LogP contribution in [-0.2, 0) is 4.74 Å². The van der Waals surface area contributed by atoms with Crippen LogP contribution in [0.1, 0.15) is 52.4 Å². The molecule has 2 unspecified atom stereocenters. The highest BCUT2D eigenvalue weighted by atomic mass is 16.5. The highest BCUT2D eigenvalue weighted by Gasteiger charge is 2.43. The third kappa shape index (κ3) is 1.96. The summed E-state index contributed by atoms with van der Waals surface area (Å²) >= 11 is 0. The lowest BCUT2D eigenvalue weighted by Crippen LogP contribution is -2.47. The predicted octanol–water partition coefficient (Wildman–Crippen LogP) is 2.50. The van der Waals surface area contributed by atoms with Crippen molar-refractivity contribution in [2.24, 2.45) is 5.92 Å². The minimum atomic E-state index is -0.423. The quantitative estimate of drug-likeness (QED) is 0.701. The van der Waals surface area contributed by atoms with Crippen LogP contribution < -0.4 is 0 Å². The van der Waals surface area contributed by atoms with Crippen LogP contribution in [0.25, 0.3) is 0 Å². The first-order valence-corrected chi connectivity index (χ1v) is 5.98. The second-order valence-electron chi connectivity index (χ2n) is 5.25. The highest BCUT2D eigenvalue weighted by Crippen LogP contribution is 2.42. The van der Waals surface area contributed by atoms with E-state index in [0.717, 1.165) is 12.8 Å². The molecule has 1 saturated heterocycles. The maximum Gasteiger partial charge on any atom is 0.0724 e. The topological polar surface area (TPSA) is 29.5 Å². The summed E-state index contributed by atoms with van der Waals surface area (Å²) < 4.78 is 5.68. The van der Waals surface area contributed by atoms with Gasteiger partial charge in [0.15, 0.2) is 0 Å². The predicted molar refractivity (Wildman–Crippen MR) is 56.2 cm³/mol. The van der Waals surface area contributed by atoms with Crippen LogP contribution in [0, 0.1) is 5.92 Å². The Morgan fingerprint density at radius 1 is 1.07 bits per heavy atom. The summed E-state index contributed by atoms with van der Waals surface area (Å²) in [6.07, 6.45) is 7.16. The van der Waals surface area contributed by atoms with Gasteiger partial charge in [-0.25, -0.2) is 0 Å². The fourth-order valence-corrected chi connectivity index (χ4v) is 3.37. The molecule has 0 radical (unpaired) electrons. The van der Waals surface area contributed by atoms with Crippen LogP contribution in [0.4, 0.5) is 0 Å². The number of aliphatic hydroxyl groups is 1. The van der Waals surface area contributed by atoms with Crippen LogP contribution in [0.5, 0.6) is 0 Å². The van der Waals surface area contributed by atoms with E-state index in [1.54, 1.807) is 0 Å². The van der Waals surface area contributed by atoms with Gasteiger partial charge < -0.3 is 9.84 Å². The van der Waals surface area contributed by atoms with Crippen molar-refractivity contribution in [2.75, 3.05) is 0 Å². The lowest BCUT2D eigenvalue weighted by atomic mass is 9.76. The van der Waals surface area contributed by atoms with E-state index in [-0.39, 0.29) is 12.2 Å². The monoisotopic (exact) mass is 198 g/mol. The Kier molecular flexibility index (Phi) is 2.85. The molecule has 82 valence electrons. The van der Waals surface area contributed by atoms with Gasteiger partial charge in [0.2, 0.25) is 0 Å². The van der Waals surface area contributed by atoms with Crippen LogP contribution in [0.2, 0.25) is 0 Å². The Hall–Kier alpha value is -0.0800. The van der Waals surface area contributed by atoms with Crippen LogP contribution >= 0.6 is 0 Å². The van der Waals surface area contributed by atoms with E-state index in [9.17, 15) is 5.11 Å². The van der Waals surface area contributed by atoms with E-state index < -0.39 is 5.60 Å². The van der Waals surface area contributed by atoms with E-state index in [1.165, 1.54) is 25.7 Å². The summed E-state index contributed by atoms with van der Waals surface area (Å²) in [5, 5.41) is 10.6. The molecule has 0 amide bonds. The van der Waals surface area contributed by atoms with Crippen molar-refractivity contribution in [3.05, 3.63) is 0 Å². The maximum absolute atomic E-state index is 10.6. The summed E-state index contributed by atoms with van der Waals surface area (Å²) in [4.78, 5) is 0. The molecule has 0 spiro atoms. The fourth-order valence-electron chi connectivity index (χ4n) is 3.37. The number of rotatable bonds is 1. The Balaban J connectivity index is 2.05. The molecule has 0 aromatic rings. The maximum atomic E-state index is 10.6. The van der Waals surface area contributed by atoms with Gasteiger partial charge in [0.05, 0.1) is 17.8 Å². The Labute approximate surface area is 86.6 Å². The lowest BCUT2D eigenvalue weighted by molar-refractivity contribution is -0.154. The van der Waals surface area contributed by atoms with Gasteiger partial charge in [0, 0.05) is 12.8 Å². The minimum Gasteiger partial charge on any atom is -0.389 e. The molecule has 2 heteroatoms. The van der Waals surface area contributed by atoms with Crippen molar-refractivity contribution in [1.82, 2.24) is 0 Å². The molecule has 2 nitrogen and oxygen atoms in total. The van der Waals surface area contributed by atoms with Crippen molar-refractivity contribution >= 4 is 0 Å². The van der Waals surface area contributed by atoms with Gasteiger partial charge >= 0.3 is 0 Å². The number of hydrogen-bond donors (Lipinski definition) is 1. The average Bonchev–Trinajstić information content (AvgIpc) is 2.52. The number of ether oxygens (including phenoxy) is 1. The number of hydrogen-bond acceptors (Lipinski definition) is 2. The first-order valence-electron chi connectivity index (χ1n) is 5.98. The average molecular weight is 198 g/mol. The summed E-state index contributed by atoms with van der Waals surface area (Å²) in [5.74, 6) is 0.538. The second-order valence-corrected chi connectivity index (χ2v) is 5.25. The molecule has 2 aliphatic rings. The van der Waals surface area contributed by atoms with Gasteiger partial charge in [-0.15, -0.1) is 0 Å². The molecule has 0 aromatic heterocycles. The van der Waals surface area contributed by atoms with E-state index >= 15 is 0 Å². The molecule has 2 atom stereocenters. The third-order valence-corrected chi connectivity index (χ3v) is 3.86. The van der Waals surface area contributed by atoms with Gasteiger partial charge in [-0.2, -0.15) is 0 Å². The van der Waals surface area contributed by atoms with E-state index in [4.69, 9.17) is 4.74 Å². The van der Waals surface area contributed by atoms with Gasteiger partial charge in [-0.1, -0.05) is 12.8 Å². The molecule has 2 rings (SSSR count). The SMILES string of the molecule is CC1CC(O)(C2CCCC2)CC(C)O1. The van der Waals surface area contributed by atoms with E-state index in [1.807, 2.05) is 0 Å². The largest absolute Gasteiger partial charge is 0.389 e. The lowest BCUT2D eigenvalue weighted by Gasteiger charge is -2.43. The molecule has 0 aromatic carbocycles. The van der Waals surface area contributed by atoms with Gasteiger partial charge in [0.1, 0.15) is 0 Å². The van der Waals surface area contributed by atoms with Crippen molar-refractivity contribution < 1.29 is 9.84 Å². The van der Waals surface area contributed by atoms with Crippen molar-refractivity contribution in [2.45, 2.75) is 70.2 Å². The standard InChI is InChI=1S/C12H22O2/c1-9-7-12(13,8-10(2)14-9)11-5-3-4-6-11/h9-11,13H,3-8H2,1-2H3. The molecule has 1 heterocycles. The third-order valence-electron chi connectivity index (χ3n) is 3.86. The molecule has 0 bridgehead atoms. The Morgan fingerprint density at radius 2 is 1.57 bits per heavy atom. The Morgan fingerprint density at radius 3 is 2.07 bits per heavy atom. The van der Waals surface area contributed by atoms with Gasteiger partial charge in [-0.05, 0) is 32.6 Å². The normalized spacial score (nSPS) is 45.6. The highest BCUT2D eigenvalue weighted by molar-refractivity contribution is 4.94. The molecule has 14 heavy (non-hydrogen) atoms. The molecule has 1 aliphatic heterocycles. The molecule has 1 N–H and O–H groups in total.